The van der Waals surface area contributed by atoms with Crippen LogP contribution >= 0.6 is 0 Å². The molecule has 2 aliphatic rings. The van der Waals surface area contributed by atoms with Crippen molar-refractivity contribution in [2.45, 2.75) is 52.0 Å². The second-order valence-electron chi connectivity index (χ2n) is 9.57. The summed E-state index contributed by atoms with van der Waals surface area (Å²) in [4.78, 5) is 27.1. The molecule has 0 radical (unpaired) electrons. The van der Waals surface area contributed by atoms with E-state index in [0.29, 0.717) is 49.8 Å². The first-order chi connectivity index (χ1) is 18.6. The smallest absolute Gasteiger partial charge is 0.411 e. The van der Waals surface area contributed by atoms with Crippen LogP contribution in [0.5, 0.6) is 11.5 Å². The fraction of sp³-hybridized carbons (Fsp3) is 0.483. The number of ether oxygens (including phenoxy) is 3. The molecule has 0 bridgehead atoms. The molecular formula is C29H38N4O5. The Bertz CT molecular complexity index is 1110. The van der Waals surface area contributed by atoms with Gasteiger partial charge in [0.05, 0.1) is 32.6 Å². The number of nitrogens with one attached hydrogen (secondary N) is 1. The highest BCUT2D eigenvalue weighted by Crippen LogP contribution is 2.30. The van der Waals surface area contributed by atoms with Crippen molar-refractivity contribution in [1.29, 1.82) is 0 Å². The normalized spacial score (nSPS) is 15.8. The molecule has 1 N–H and O–H groups in total. The summed E-state index contributed by atoms with van der Waals surface area (Å²) in [7, 11) is 1.62. The minimum absolute atomic E-state index is 0.0237. The van der Waals surface area contributed by atoms with Gasteiger partial charge >= 0.3 is 6.09 Å². The van der Waals surface area contributed by atoms with Crippen molar-refractivity contribution < 1.29 is 23.8 Å². The van der Waals surface area contributed by atoms with Crippen molar-refractivity contribution in [3.8, 4) is 11.5 Å². The van der Waals surface area contributed by atoms with Crippen LogP contribution in [0.2, 0.25) is 0 Å². The third-order valence-electron chi connectivity index (χ3n) is 6.65. The van der Waals surface area contributed by atoms with E-state index < -0.39 is 6.09 Å². The summed E-state index contributed by atoms with van der Waals surface area (Å²) in [6, 6.07) is 13.1. The lowest BCUT2D eigenvalue weighted by atomic mass is 10.0. The molecular weight excluding hydrogens is 484 g/mol. The van der Waals surface area contributed by atoms with Crippen molar-refractivity contribution in [2.75, 3.05) is 45.3 Å². The monoisotopic (exact) mass is 522 g/mol. The predicted octanol–water partition coefficient (Wildman–Crippen LogP) is 5.05. The van der Waals surface area contributed by atoms with Gasteiger partial charge in [-0.15, -0.1) is 0 Å². The lowest BCUT2D eigenvalue weighted by Gasteiger charge is -2.24. The number of rotatable bonds is 12. The van der Waals surface area contributed by atoms with Crippen LogP contribution < -0.4 is 14.8 Å². The van der Waals surface area contributed by atoms with Gasteiger partial charge in [-0.1, -0.05) is 19.1 Å². The molecule has 0 saturated carbocycles. The maximum absolute atomic E-state index is 12.6. The summed E-state index contributed by atoms with van der Waals surface area (Å²) >= 11 is 0. The summed E-state index contributed by atoms with van der Waals surface area (Å²) in [5.74, 6) is 1.32. The number of carbonyl (C=O) groups excluding carboxylic acids is 2. The van der Waals surface area contributed by atoms with E-state index in [-0.39, 0.29) is 5.91 Å². The van der Waals surface area contributed by atoms with Gasteiger partial charge in [-0.2, -0.15) is 5.10 Å². The molecule has 0 atom stereocenters. The molecule has 2 aromatic carbocycles. The van der Waals surface area contributed by atoms with Gasteiger partial charge in [-0.3, -0.25) is 10.1 Å². The molecule has 0 aromatic heterocycles. The molecule has 2 aromatic rings. The molecule has 4 rings (SSSR count). The number of hydrogen-bond acceptors (Lipinski definition) is 7. The molecule has 1 saturated heterocycles. The zero-order valence-corrected chi connectivity index (χ0v) is 22.4. The zero-order valence-electron chi connectivity index (χ0n) is 22.4. The molecule has 2 amide bonds. The summed E-state index contributed by atoms with van der Waals surface area (Å²) in [6.45, 7) is 6.65. The highest BCUT2D eigenvalue weighted by atomic mass is 16.5. The van der Waals surface area contributed by atoms with Gasteiger partial charge in [0.15, 0.2) is 11.5 Å². The lowest BCUT2D eigenvalue weighted by Crippen LogP contribution is -2.31. The number of hydrogen-bond donors (Lipinski definition) is 1. The average Bonchev–Trinajstić information content (AvgIpc) is 3.46. The van der Waals surface area contributed by atoms with E-state index in [2.05, 4.69) is 22.2 Å². The summed E-state index contributed by atoms with van der Waals surface area (Å²) in [5.41, 5.74) is 3.30. The van der Waals surface area contributed by atoms with Gasteiger partial charge in [0, 0.05) is 30.6 Å². The van der Waals surface area contributed by atoms with Crippen LogP contribution in [0.3, 0.4) is 0 Å². The van der Waals surface area contributed by atoms with E-state index in [9.17, 15) is 9.59 Å². The molecule has 9 heteroatoms. The predicted molar refractivity (Wildman–Crippen MR) is 147 cm³/mol. The quantitative estimate of drug-likeness (QED) is 0.393. The molecule has 2 aliphatic heterocycles. The second kappa shape index (κ2) is 13.8. The number of likely N-dealkylation sites (tertiary alicyclic amines) is 1. The Morgan fingerprint density at radius 2 is 1.82 bits per heavy atom. The molecule has 0 spiro atoms. The van der Waals surface area contributed by atoms with E-state index in [1.54, 1.807) is 19.2 Å². The number of methoxy groups -OCH3 is 1. The molecule has 9 nitrogen and oxygen atoms in total. The van der Waals surface area contributed by atoms with Gasteiger partial charge in [0.2, 0.25) is 5.91 Å². The van der Waals surface area contributed by atoms with Crippen LogP contribution in [0, 0.1) is 0 Å². The van der Waals surface area contributed by atoms with E-state index in [4.69, 9.17) is 14.2 Å². The molecule has 1 fully saturated rings. The minimum Gasteiger partial charge on any atom is -0.493 e. The molecule has 2 heterocycles. The Morgan fingerprint density at radius 1 is 1.03 bits per heavy atom. The fourth-order valence-corrected chi connectivity index (χ4v) is 4.59. The SMILES string of the molecule is CCCOc1cc(C2=NN(Cc3ccc(NC(=O)OCCCN4CCCC4)cc3)C(=O)CC2)ccc1OC. The highest BCUT2D eigenvalue weighted by Gasteiger charge is 2.22. The number of benzene rings is 2. The summed E-state index contributed by atoms with van der Waals surface area (Å²) in [6.07, 6.45) is 4.75. The topological polar surface area (TPSA) is 92.7 Å². The van der Waals surface area contributed by atoms with Crippen LogP contribution in [-0.2, 0) is 16.1 Å². The third-order valence-corrected chi connectivity index (χ3v) is 6.65. The van der Waals surface area contributed by atoms with Gasteiger partial charge in [-0.25, -0.2) is 9.80 Å². The Labute approximate surface area is 224 Å². The number of anilines is 1. The van der Waals surface area contributed by atoms with Crippen LogP contribution in [0.15, 0.2) is 47.6 Å². The minimum atomic E-state index is -0.457. The standard InChI is InChI=1S/C29H38N4O5/c1-3-18-37-27-20-23(9-13-26(27)36-2)25-12-14-28(34)33(31-25)21-22-7-10-24(11-8-22)30-29(35)38-19-6-17-32-15-4-5-16-32/h7-11,13,20H,3-6,12,14-19,21H2,1-2H3,(H,30,35). The largest absolute Gasteiger partial charge is 0.493 e. The summed E-state index contributed by atoms with van der Waals surface area (Å²) in [5, 5.41) is 8.93. The van der Waals surface area contributed by atoms with E-state index in [0.717, 1.165) is 49.3 Å². The lowest BCUT2D eigenvalue weighted by molar-refractivity contribution is -0.132. The van der Waals surface area contributed by atoms with E-state index >= 15 is 0 Å². The first kappa shape index (κ1) is 27.4. The fourth-order valence-electron chi connectivity index (χ4n) is 4.59. The maximum Gasteiger partial charge on any atom is 0.411 e. The zero-order chi connectivity index (χ0) is 26.7. The van der Waals surface area contributed by atoms with Crippen molar-refractivity contribution >= 4 is 23.4 Å². The van der Waals surface area contributed by atoms with Crippen LogP contribution in [0.4, 0.5) is 10.5 Å². The second-order valence-corrected chi connectivity index (χ2v) is 9.57. The van der Waals surface area contributed by atoms with Gasteiger partial charge in [0.25, 0.3) is 0 Å². The third kappa shape index (κ3) is 7.71. The molecule has 38 heavy (non-hydrogen) atoms. The first-order valence-electron chi connectivity index (χ1n) is 13.5. The van der Waals surface area contributed by atoms with Gasteiger partial charge < -0.3 is 19.1 Å². The average molecular weight is 523 g/mol. The molecule has 0 unspecified atom stereocenters. The Morgan fingerprint density at radius 3 is 2.55 bits per heavy atom. The first-order valence-corrected chi connectivity index (χ1v) is 13.5. The van der Waals surface area contributed by atoms with E-state index in [1.165, 1.54) is 17.9 Å². The number of amides is 2. The maximum atomic E-state index is 12.6. The van der Waals surface area contributed by atoms with Crippen LogP contribution in [-0.4, -0.2) is 67.6 Å². The van der Waals surface area contributed by atoms with Crippen molar-refractivity contribution in [1.82, 2.24) is 9.91 Å². The number of hydrazone groups is 1. The Hall–Kier alpha value is -3.59. The number of carbonyl (C=O) groups is 2. The van der Waals surface area contributed by atoms with Crippen LogP contribution in [0.25, 0.3) is 0 Å². The van der Waals surface area contributed by atoms with Crippen LogP contribution in [0.1, 0.15) is 56.6 Å². The van der Waals surface area contributed by atoms with Gasteiger partial charge in [-0.05, 0) is 74.7 Å². The van der Waals surface area contributed by atoms with Gasteiger partial charge in [0.1, 0.15) is 0 Å². The summed E-state index contributed by atoms with van der Waals surface area (Å²) < 4.78 is 16.6. The van der Waals surface area contributed by atoms with E-state index in [1.807, 2.05) is 30.3 Å². The Balaban J connectivity index is 1.31. The van der Waals surface area contributed by atoms with Crippen molar-refractivity contribution in [3.63, 3.8) is 0 Å². The van der Waals surface area contributed by atoms with Crippen molar-refractivity contribution in [2.24, 2.45) is 5.10 Å². The molecule has 0 aliphatic carbocycles. The van der Waals surface area contributed by atoms with Crippen molar-refractivity contribution in [3.05, 3.63) is 53.6 Å². The molecule has 204 valence electrons. The highest BCUT2D eigenvalue weighted by molar-refractivity contribution is 6.04. The Kier molecular flexibility index (Phi) is 9.97. The number of nitrogens with zero attached hydrogens (tertiary/aromatic N) is 3.